The third kappa shape index (κ3) is 7.30. The number of hydrogen-bond acceptors (Lipinski definition) is 4. The average molecular weight is 285 g/mol. The van der Waals surface area contributed by atoms with Gasteiger partial charge in [-0.15, -0.1) is 0 Å². The maximum atomic E-state index is 11.6. The Bertz CT molecular complexity index is 385. The molecule has 5 heteroatoms. The van der Waals surface area contributed by atoms with Gasteiger partial charge in [0.05, 0.1) is 6.61 Å². The Kier molecular flexibility index (Phi) is 8.45. The highest BCUT2D eigenvalue weighted by atomic mass is 32.2. The Morgan fingerprint density at radius 2 is 1.95 bits per heavy atom. The molecule has 1 aromatic carbocycles. The molecular weight excluding hydrogens is 262 g/mol. The van der Waals surface area contributed by atoms with Crippen LogP contribution in [0.25, 0.3) is 0 Å². The molecule has 0 aromatic heterocycles. The smallest absolute Gasteiger partial charge is 0.119 e. The number of rotatable bonds is 10. The van der Waals surface area contributed by atoms with Crippen molar-refractivity contribution in [1.29, 1.82) is 0 Å². The predicted octanol–water partition coefficient (Wildman–Crippen LogP) is 1.70. The highest BCUT2D eigenvalue weighted by Crippen LogP contribution is 2.13. The van der Waals surface area contributed by atoms with Crippen molar-refractivity contribution < 1.29 is 13.7 Å². The first-order valence-electron chi connectivity index (χ1n) is 6.52. The zero-order chi connectivity index (χ0) is 13.9. The second kappa shape index (κ2) is 9.95. The molecule has 0 bridgehead atoms. The number of methoxy groups -OCH3 is 1. The number of ether oxygens (including phenoxy) is 2. The highest BCUT2D eigenvalue weighted by Gasteiger charge is 2.01. The molecular formula is C14H23NO3S. The maximum absolute atomic E-state index is 11.6. The van der Waals surface area contributed by atoms with Gasteiger partial charge < -0.3 is 15.2 Å². The largest absolute Gasteiger partial charge is 0.494 e. The van der Waals surface area contributed by atoms with E-state index in [0.717, 1.165) is 24.2 Å². The van der Waals surface area contributed by atoms with Crippen molar-refractivity contribution >= 4 is 10.8 Å². The van der Waals surface area contributed by atoms with E-state index in [9.17, 15) is 4.21 Å². The molecule has 1 atom stereocenters. The molecule has 0 aliphatic rings. The third-order valence-corrected chi connectivity index (χ3v) is 4.13. The average Bonchev–Trinajstić information content (AvgIpc) is 2.44. The van der Waals surface area contributed by atoms with Gasteiger partial charge in [0, 0.05) is 42.6 Å². The highest BCUT2D eigenvalue weighted by molar-refractivity contribution is 7.84. The minimum Gasteiger partial charge on any atom is -0.494 e. The molecule has 19 heavy (non-hydrogen) atoms. The van der Waals surface area contributed by atoms with E-state index in [1.807, 2.05) is 24.3 Å². The normalized spacial score (nSPS) is 12.3. The van der Waals surface area contributed by atoms with Crippen LogP contribution in [-0.2, 0) is 22.1 Å². The second-order valence-electron chi connectivity index (χ2n) is 4.25. The molecule has 0 spiro atoms. The fraction of sp³-hybridized carbons (Fsp3) is 0.571. The van der Waals surface area contributed by atoms with Crippen molar-refractivity contribution in [2.45, 2.75) is 19.4 Å². The third-order valence-electron chi connectivity index (χ3n) is 2.64. The van der Waals surface area contributed by atoms with Gasteiger partial charge in [-0.3, -0.25) is 4.21 Å². The van der Waals surface area contributed by atoms with Crippen molar-refractivity contribution in [2.75, 3.05) is 31.8 Å². The minimum atomic E-state index is -0.765. The van der Waals surface area contributed by atoms with Crippen molar-refractivity contribution in [2.24, 2.45) is 5.73 Å². The molecule has 0 fully saturated rings. The predicted molar refractivity (Wildman–Crippen MR) is 78.8 cm³/mol. The zero-order valence-corrected chi connectivity index (χ0v) is 12.3. The Morgan fingerprint density at radius 3 is 2.63 bits per heavy atom. The van der Waals surface area contributed by atoms with Crippen LogP contribution in [0.1, 0.15) is 18.4 Å². The summed E-state index contributed by atoms with van der Waals surface area (Å²) in [6, 6.07) is 7.75. The maximum Gasteiger partial charge on any atom is 0.119 e. The summed E-state index contributed by atoms with van der Waals surface area (Å²) >= 11 is 0. The van der Waals surface area contributed by atoms with Crippen LogP contribution < -0.4 is 10.5 Å². The van der Waals surface area contributed by atoms with Gasteiger partial charge in [-0.25, -0.2) is 0 Å². The van der Waals surface area contributed by atoms with Crippen LogP contribution in [0.3, 0.4) is 0 Å². The number of nitrogens with two attached hydrogens (primary N) is 1. The number of benzene rings is 1. The van der Waals surface area contributed by atoms with Gasteiger partial charge >= 0.3 is 0 Å². The van der Waals surface area contributed by atoms with Crippen molar-refractivity contribution in [3.05, 3.63) is 29.8 Å². The SMILES string of the molecule is COCCCS(=O)CCCOc1cccc(CN)c1. The molecule has 4 nitrogen and oxygen atoms in total. The van der Waals surface area contributed by atoms with Crippen molar-refractivity contribution in [3.63, 3.8) is 0 Å². The Morgan fingerprint density at radius 1 is 1.21 bits per heavy atom. The van der Waals surface area contributed by atoms with Crippen LogP contribution in [0, 0.1) is 0 Å². The van der Waals surface area contributed by atoms with E-state index in [2.05, 4.69) is 0 Å². The van der Waals surface area contributed by atoms with Gasteiger partial charge in [0.15, 0.2) is 0 Å². The van der Waals surface area contributed by atoms with Crippen LogP contribution in [0.15, 0.2) is 24.3 Å². The lowest BCUT2D eigenvalue weighted by molar-refractivity contribution is 0.200. The monoisotopic (exact) mass is 285 g/mol. The van der Waals surface area contributed by atoms with Gasteiger partial charge in [-0.2, -0.15) is 0 Å². The van der Waals surface area contributed by atoms with Crippen molar-refractivity contribution in [1.82, 2.24) is 0 Å². The summed E-state index contributed by atoms with van der Waals surface area (Å²) in [5.41, 5.74) is 6.62. The van der Waals surface area contributed by atoms with E-state index in [1.165, 1.54) is 0 Å². The molecule has 108 valence electrons. The summed E-state index contributed by atoms with van der Waals surface area (Å²) in [5.74, 6) is 2.21. The Labute approximate surface area is 117 Å². The summed E-state index contributed by atoms with van der Waals surface area (Å²) in [6.07, 6.45) is 1.65. The van der Waals surface area contributed by atoms with E-state index < -0.39 is 10.8 Å². The lowest BCUT2D eigenvalue weighted by Gasteiger charge is -2.07. The summed E-state index contributed by atoms with van der Waals surface area (Å²) < 4.78 is 22.2. The Hall–Kier alpha value is -0.910. The van der Waals surface area contributed by atoms with Crippen molar-refractivity contribution in [3.8, 4) is 5.75 Å². The molecule has 0 aliphatic carbocycles. The molecule has 0 heterocycles. The van der Waals surface area contributed by atoms with Gasteiger partial charge in [0.1, 0.15) is 5.75 Å². The molecule has 1 aromatic rings. The first kappa shape index (κ1) is 16.1. The van der Waals surface area contributed by atoms with E-state index in [-0.39, 0.29) is 0 Å². The molecule has 1 unspecified atom stereocenters. The summed E-state index contributed by atoms with van der Waals surface area (Å²) in [7, 11) is 0.894. The van der Waals surface area contributed by atoms with Crippen LogP contribution >= 0.6 is 0 Å². The van der Waals surface area contributed by atoms with Crippen LogP contribution in [-0.4, -0.2) is 36.0 Å². The fourth-order valence-corrected chi connectivity index (χ4v) is 2.72. The lowest BCUT2D eigenvalue weighted by atomic mass is 10.2. The summed E-state index contributed by atoms with van der Waals surface area (Å²) in [4.78, 5) is 0. The molecule has 0 radical (unpaired) electrons. The van der Waals surface area contributed by atoms with Gasteiger partial charge in [-0.05, 0) is 30.5 Å². The zero-order valence-electron chi connectivity index (χ0n) is 11.5. The first-order chi connectivity index (χ1) is 9.26. The Balaban J connectivity index is 2.14. The van der Waals surface area contributed by atoms with Gasteiger partial charge in [0.25, 0.3) is 0 Å². The quantitative estimate of drug-likeness (QED) is 0.665. The number of hydrogen-bond donors (Lipinski definition) is 1. The van der Waals surface area contributed by atoms with E-state index in [4.69, 9.17) is 15.2 Å². The first-order valence-corrected chi connectivity index (χ1v) is 8.00. The van der Waals surface area contributed by atoms with Gasteiger partial charge in [-0.1, -0.05) is 12.1 Å². The second-order valence-corrected chi connectivity index (χ2v) is 5.94. The van der Waals surface area contributed by atoms with Crippen LogP contribution in [0.5, 0.6) is 5.75 Å². The fourth-order valence-electron chi connectivity index (χ4n) is 1.64. The molecule has 1 rings (SSSR count). The lowest BCUT2D eigenvalue weighted by Crippen LogP contribution is -2.09. The van der Waals surface area contributed by atoms with E-state index >= 15 is 0 Å². The molecule has 0 amide bonds. The topological polar surface area (TPSA) is 61.5 Å². The molecule has 0 saturated heterocycles. The van der Waals surface area contributed by atoms with E-state index in [1.54, 1.807) is 7.11 Å². The van der Waals surface area contributed by atoms with Gasteiger partial charge in [0.2, 0.25) is 0 Å². The molecule has 2 N–H and O–H groups in total. The molecule has 0 saturated carbocycles. The molecule has 0 aliphatic heterocycles. The van der Waals surface area contributed by atoms with Crippen LogP contribution in [0.4, 0.5) is 0 Å². The van der Waals surface area contributed by atoms with Crippen LogP contribution in [0.2, 0.25) is 0 Å². The minimum absolute atomic E-state index is 0.515. The standard InChI is InChI=1S/C14H23NO3S/c1-17-7-3-9-19(16)10-4-8-18-14-6-2-5-13(11-14)12-15/h2,5-6,11H,3-4,7-10,12,15H2,1H3. The summed E-state index contributed by atoms with van der Waals surface area (Å²) in [6.45, 7) is 1.78. The summed E-state index contributed by atoms with van der Waals surface area (Å²) in [5, 5.41) is 0. The van der Waals surface area contributed by atoms with E-state index in [0.29, 0.717) is 31.3 Å².